The van der Waals surface area contributed by atoms with Gasteiger partial charge in [0, 0.05) is 37.0 Å². The van der Waals surface area contributed by atoms with Gasteiger partial charge in [-0.15, -0.1) is 0 Å². The maximum Gasteiger partial charge on any atom is 0.486 e. The Bertz CT molecular complexity index is 1050. The average molecular weight is 422 g/mol. The van der Waals surface area contributed by atoms with Crippen molar-refractivity contribution in [2.75, 3.05) is 30.7 Å². The maximum atomic E-state index is 13.5. The molecule has 0 radical (unpaired) electrons. The van der Waals surface area contributed by atoms with Crippen molar-refractivity contribution in [1.29, 1.82) is 0 Å². The normalized spacial score (nSPS) is 21.0. The van der Waals surface area contributed by atoms with Crippen molar-refractivity contribution in [1.82, 2.24) is 0 Å². The number of fused-ring (bicyclic) bond motifs is 1. The van der Waals surface area contributed by atoms with Crippen LogP contribution in [0.5, 0.6) is 5.75 Å². The first-order valence-corrected chi connectivity index (χ1v) is 11.6. The van der Waals surface area contributed by atoms with Crippen LogP contribution in [0.2, 0.25) is 0 Å². The molecule has 0 bridgehead atoms. The van der Waals surface area contributed by atoms with Crippen molar-refractivity contribution in [2.24, 2.45) is 0 Å². The van der Waals surface area contributed by atoms with E-state index in [1.807, 2.05) is 73.6 Å². The molecule has 156 valence electrons. The van der Waals surface area contributed by atoms with Crippen molar-refractivity contribution in [2.45, 2.75) is 19.3 Å². The fourth-order valence-corrected chi connectivity index (χ4v) is 5.10. The van der Waals surface area contributed by atoms with Gasteiger partial charge in [-0.3, -0.25) is 9.61 Å². The molecule has 1 N–H and O–H groups in total. The second kappa shape index (κ2) is 8.55. The van der Waals surface area contributed by atoms with Crippen LogP contribution in [0.4, 0.5) is 11.4 Å². The van der Waals surface area contributed by atoms with Gasteiger partial charge >= 0.3 is 7.75 Å². The van der Waals surface area contributed by atoms with E-state index in [4.69, 9.17) is 9.05 Å². The van der Waals surface area contributed by atoms with E-state index in [0.717, 1.165) is 23.2 Å². The van der Waals surface area contributed by atoms with Crippen LogP contribution in [-0.2, 0) is 9.09 Å². The van der Waals surface area contributed by atoms with E-state index < -0.39 is 7.75 Å². The predicted octanol–water partition coefficient (Wildman–Crippen LogP) is 6.21. The summed E-state index contributed by atoms with van der Waals surface area (Å²) in [6.45, 7) is 2.38. The Morgan fingerprint density at radius 3 is 2.43 bits per heavy atom. The molecular weight excluding hydrogens is 395 g/mol. The summed E-state index contributed by atoms with van der Waals surface area (Å²) in [5, 5.41) is 2.99. The lowest BCUT2D eigenvalue weighted by molar-refractivity contribution is 0.252. The van der Waals surface area contributed by atoms with Gasteiger partial charge in [-0.2, -0.15) is 0 Å². The Balaban J connectivity index is 1.65. The zero-order valence-electron chi connectivity index (χ0n) is 17.5. The molecule has 30 heavy (non-hydrogen) atoms. The summed E-state index contributed by atoms with van der Waals surface area (Å²) >= 11 is 0. The molecule has 0 amide bonds. The molecule has 0 saturated carbocycles. The Labute approximate surface area is 178 Å². The largest absolute Gasteiger partial charge is 0.486 e. The van der Waals surface area contributed by atoms with Gasteiger partial charge in [0.1, 0.15) is 5.75 Å². The van der Waals surface area contributed by atoms with Crippen LogP contribution in [0.25, 0.3) is 0 Å². The van der Waals surface area contributed by atoms with Crippen LogP contribution in [0.15, 0.2) is 72.8 Å². The van der Waals surface area contributed by atoms with E-state index in [0.29, 0.717) is 18.0 Å². The quantitative estimate of drug-likeness (QED) is 0.507. The van der Waals surface area contributed by atoms with Crippen molar-refractivity contribution in [3.63, 3.8) is 0 Å². The van der Waals surface area contributed by atoms with Crippen molar-refractivity contribution >= 4 is 19.1 Å². The minimum atomic E-state index is -3.57. The summed E-state index contributed by atoms with van der Waals surface area (Å²) in [5.41, 5.74) is 5.12. The molecule has 0 spiro atoms. The lowest BCUT2D eigenvalue weighted by Gasteiger charge is -2.29. The highest BCUT2D eigenvalue weighted by atomic mass is 31.2. The third-order valence-electron chi connectivity index (χ3n) is 5.28. The third-order valence-corrected chi connectivity index (χ3v) is 6.77. The first kappa shape index (κ1) is 20.5. The highest BCUT2D eigenvalue weighted by Gasteiger charge is 2.32. The first-order valence-electron chi connectivity index (χ1n) is 10.1. The van der Waals surface area contributed by atoms with Gasteiger partial charge in [-0.1, -0.05) is 48.0 Å². The van der Waals surface area contributed by atoms with E-state index in [1.165, 1.54) is 5.56 Å². The Morgan fingerprint density at radius 2 is 1.73 bits per heavy atom. The number of aryl methyl sites for hydroxylation is 1. The summed E-state index contributed by atoms with van der Waals surface area (Å²) in [5.74, 6) is 0.712. The molecule has 6 heteroatoms. The second-order valence-electron chi connectivity index (χ2n) is 7.77. The Morgan fingerprint density at radius 1 is 1.00 bits per heavy atom. The molecule has 0 aromatic heterocycles. The van der Waals surface area contributed by atoms with Gasteiger partial charge in [0.15, 0.2) is 0 Å². The molecule has 0 aliphatic carbocycles. The van der Waals surface area contributed by atoms with Crippen LogP contribution in [0, 0.1) is 6.92 Å². The molecule has 1 aliphatic rings. The summed E-state index contributed by atoms with van der Waals surface area (Å²) in [7, 11) is 0.385. The van der Waals surface area contributed by atoms with Crippen LogP contribution in [-0.4, -0.2) is 20.7 Å². The molecule has 3 aromatic rings. The summed E-state index contributed by atoms with van der Waals surface area (Å²) in [4.78, 5) is 2.01. The van der Waals surface area contributed by atoms with Crippen molar-refractivity contribution < 1.29 is 13.6 Å². The topological polar surface area (TPSA) is 50.8 Å². The molecule has 0 saturated heterocycles. The van der Waals surface area contributed by atoms with Gasteiger partial charge in [-0.05, 0) is 49.2 Å². The molecule has 5 nitrogen and oxygen atoms in total. The van der Waals surface area contributed by atoms with Gasteiger partial charge < -0.3 is 9.42 Å². The molecule has 0 fully saturated rings. The van der Waals surface area contributed by atoms with Crippen molar-refractivity contribution in [3.8, 4) is 5.75 Å². The van der Waals surface area contributed by atoms with Gasteiger partial charge in [0.05, 0.1) is 6.61 Å². The van der Waals surface area contributed by atoms with Crippen molar-refractivity contribution in [3.05, 3.63) is 89.5 Å². The van der Waals surface area contributed by atoms with Crippen LogP contribution in [0.1, 0.15) is 29.0 Å². The Hall–Kier alpha value is -2.75. The Kier molecular flexibility index (Phi) is 5.85. The van der Waals surface area contributed by atoms with E-state index >= 15 is 0 Å². The van der Waals surface area contributed by atoms with E-state index in [2.05, 4.69) is 30.2 Å². The monoisotopic (exact) mass is 422 g/mol. The molecule has 3 aromatic carbocycles. The van der Waals surface area contributed by atoms with Crippen LogP contribution < -0.4 is 14.5 Å². The maximum absolute atomic E-state index is 13.5. The fourth-order valence-electron chi connectivity index (χ4n) is 3.70. The number of rotatable bonds is 4. The van der Waals surface area contributed by atoms with Crippen LogP contribution >= 0.6 is 7.75 Å². The minimum absolute atomic E-state index is 0.120. The standard InChI is InChI=1S/C24H27N2O3P/c1-18-9-14-24-23(17-18)22(19-7-5-4-6-8-19)15-16-28-30(27,29-24)25-20-10-12-21(13-11-20)26(2)3/h4-14,17,22H,15-16H2,1-3H3,(H,25,27). The van der Waals surface area contributed by atoms with E-state index in [9.17, 15) is 4.57 Å². The van der Waals surface area contributed by atoms with Crippen LogP contribution in [0.3, 0.4) is 0 Å². The molecule has 2 atom stereocenters. The SMILES string of the molecule is Cc1ccc2c(c1)C(c1ccccc1)CCOP(=O)(Nc1ccc(N(C)C)cc1)O2. The predicted molar refractivity (Wildman–Crippen MR) is 123 cm³/mol. The number of anilines is 2. The van der Waals surface area contributed by atoms with E-state index in [-0.39, 0.29) is 5.92 Å². The lowest BCUT2D eigenvalue weighted by atomic mass is 9.87. The van der Waals surface area contributed by atoms with E-state index in [1.54, 1.807) is 0 Å². The fraction of sp³-hybridized carbons (Fsp3) is 0.250. The zero-order chi connectivity index (χ0) is 21.1. The first-order chi connectivity index (χ1) is 14.4. The summed E-state index contributed by atoms with van der Waals surface area (Å²) in [6.07, 6.45) is 0.717. The molecular formula is C24H27N2O3P. The summed E-state index contributed by atoms with van der Waals surface area (Å²) < 4.78 is 25.3. The molecule has 4 rings (SSSR count). The summed E-state index contributed by atoms with van der Waals surface area (Å²) in [6, 6.07) is 24.0. The third kappa shape index (κ3) is 4.53. The van der Waals surface area contributed by atoms with Gasteiger partial charge in [0.25, 0.3) is 0 Å². The van der Waals surface area contributed by atoms with Gasteiger partial charge in [0.2, 0.25) is 0 Å². The molecule has 1 aliphatic heterocycles. The second-order valence-corrected chi connectivity index (χ2v) is 9.43. The average Bonchev–Trinajstić information content (AvgIpc) is 2.73. The number of hydrogen-bond acceptors (Lipinski definition) is 4. The highest BCUT2D eigenvalue weighted by molar-refractivity contribution is 7.55. The number of hydrogen-bond donors (Lipinski definition) is 1. The number of nitrogens with zero attached hydrogens (tertiary/aromatic N) is 1. The lowest BCUT2D eigenvalue weighted by Crippen LogP contribution is -2.16. The number of benzene rings is 3. The zero-order valence-corrected chi connectivity index (χ0v) is 18.4. The smallest absolute Gasteiger partial charge is 0.409 e. The minimum Gasteiger partial charge on any atom is -0.409 e. The molecule has 1 heterocycles. The number of nitrogens with one attached hydrogen (secondary N) is 1. The van der Waals surface area contributed by atoms with Gasteiger partial charge in [-0.25, -0.2) is 4.57 Å². The highest BCUT2D eigenvalue weighted by Crippen LogP contribution is 2.52. The molecule has 2 unspecified atom stereocenters.